The molecule has 18 heavy (non-hydrogen) atoms. The largest absolute Gasteiger partial charge is 0.349 e. The maximum absolute atomic E-state index is 12.1. The molecule has 0 saturated carbocycles. The first-order chi connectivity index (χ1) is 8.36. The zero-order valence-electron chi connectivity index (χ0n) is 11.7. The van der Waals surface area contributed by atoms with Gasteiger partial charge in [-0.3, -0.25) is 9.48 Å². The van der Waals surface area contributed by atoms with Crippen molar-refractivity contribution in [2.24, 2.45) is 5.92 Å². The molecule has 0 aliphatic rings. The lowest BCUT2D eigenvalue weighted by atomic mass is 10.2. The van der Waals surface area contributed by atoms with Crippen molar-refractivity contribution in [3.8, 4) is 0 Å². The summed E-state index contributed by atoms with van der Waals surface area (Å²) in [5.41, 5.74) is 1.18. The first-order valence-electron chi connectivity index (χ1n) is 6.40. The van der Waals surface area contributed by atoms with E-state index in [1.165, 1.54) is 0 Å². The van der Waals surface area contributed by atoms with Crippen molar-refractivity contribution in [1.82, 2.24) is 15.1 Å². The van der Waals surface area contributed by atoms with E-state index in [4.69, 9.17) is 11.6 Å². The van der Waals surface area contributed by atoms with Gasteiger partial charge in [-0.15, -0.1) is 0 Å². The summed E-state index contributed by atoms with van der Waals surface area (Å²) < 4.78 is 1.70. The quantitative estimate of drug-likeness (QED) is 0.895. The number of hydrogen-bond acceptors (Lipinski definition) is 2. The Bertz CT molecular complexity index is 426. The number of nitrogens with zero attached hydrogens (tertiary/aromatic N) is 2. The van der Waals surface area contributed by atoms with Gasteiger partial charge >= 0.3 is 0 Å². The second kappa shape index (κ2) is 6.23. The molecule has 4 nitrogen and oxygen atoms in total. The molecule has 0 unspecified atom stereocenters. The first-order valence-corrected chi connectivity index (χ1v) is 6.78. The standard InChI is InChI=1S/C13H22ClN3O/c1-6-9(4)15-13(18)11-10(5)16-17(12(11)14)7-8(2)3/h8-9H,6-7H2,1-5H3,(H,15,18)/t9-/m0/s1. The van der Waals surface area contributed by atoms with Crippen LogP contribution in [0.15, 0.2) is 0 Å². The predicted octanol–water partition coefficient (Wildman–Crippen LogP) is 3.03. The Kier molecular flexibility index (Phi) is 5.20. The van der Waals surface area contributed by atoms with E-state index in [0.717, 1.165) is 13.0 Å². The summed E-state index contributed by atoms with van der Waals surface area (Å²) in [5.74, 6) is 0.300. The second-order valence-electron chi connectivity index (χ2n) is 5.11. The van der Waals surface area contributed by atoms with Crippen molar-refractivity contribution in [3.63, 3.8) is 0 Å². The molecule has 102 valence electrons. The molecule has 0 fully saturated rings. The molecule has 5 heteroatoms. The zero-order chi connectivity index (χ0) is 13.9. The SMILES string of the molecule is CC[C@H](C)NC(=O)c1c(C)nn(CC(C)C)c1Cl. The lowest BCUT2D eigenvalue weighted by Crippen LogP contribution is -2.32. The summed E-state index contributed by atoms with van der Waals surface area (Å²) in [7, 11) is 0. The summed E-state index contributed by atoms with van der Waals surface area (Å²) in [6.45, 7) is 10.7. The molecule has 1 atom stereocenters. The highest BCUT2D eigenvalue weighted by molar-refractivity contribution is 6.33. The summed E-state index contributed by atoms with van der Waals surface area (Å²) in [6, 6.07) is 0.140. The summed E-state index contributed by atoms with van der Waals surface area (Å²) in [4.78, 5) is 12.1. The van der Waals surface area contributed by atoms with Crippen molar-refractivity contribution < 1.29 is 4.79 Å². The Morgan fingerprint density at radius 3 is 2.56 bits per heavy atom. The van der Waals surface area contributed by atoms with Crippen molar-refractivity contribution in [3.05, 3.63) is 16.4 Å². The smallest absolute Gasteiger partial charge is 0.256 e. The van der Waals surface area contributed by atoms with Gasteiger partial charge in [-0.2, -0.15) is 5.10 Å². The molecule has 0 radical (unpaired) electrons. The number of halogens is 1. The fourth-order valence-electron chi connectivity index (χ4n) is 1.68. The number of aromatic nitrogens is 2. The molecule has 1 N–H and O–H groups in total. The van der Waals surface area contributed by atoms with E-state index < -0.39 is 0 Å². The zero-order valence-corrected chi connectivity index (χ0v) is 12.5. The third kappa shape index (κ3) is 3.48. The average molecular weight is 272 g/mol. The van der Waals surface area contributed by atoms with Crippen LogP contribution >= 0.6 is 11.6 Å². The van der Waals surface area contributed by atoms with Gasteiger partial charge in [0.1, 0.15) is 5.15 Å². The highest BCUT2D eigenvalue weighted by Gasteiger charge is 2.21. The maximum Gasteiger partial charge on any atom is 0.256 e. The monoisotopic (exact) mass is 271 g/mol. The maximum atomic E-state index is 12.1. The third-order valence-electron chi connectivity index (χ3n) is 2.82. The van der Waals surface area contributed by atoms with Gasteiger partial charge in [0.25, 0.3) is 5.91 Å². The van der Waals surface area contributed by atoms with Gasteiger partial charge in [-0.1, -0.05) is 32.4 Å². The first kappa shape index (κ1) is 15.0. The Labute approximate surface area is 114 Å². The molecule has 1 rings (SSSR count). The van der Waals surface area contributed by atoms with Gasteiger partial charge < -0.3 is 5.32 Å². The van der Waals surface area contributed by atoms with E-state index in [2.05, 4.69) is 24.3 Å². The Hall–Kier alpha value is -1.03. The van der Waals surface area contributed by atoms with Crippen molar-refractivity contribution in [2.75, 3.05) is 0 Å². The van der Waals surface area contributed by atoms with E-state index in [1.54, 1.807) is 4.68 Å². The molecule has 1 heterocycles. The van der Waals surface area contributed by atoms with E-state index in [1.807, 2.05) is 20.8 Å². The molecular formula is C13H22ClN3O. The van der Waals surface area contributed by atoms with Crippen LogP contribution in [0.3, 0.4) is 0 Å². The molecule has 0 aliphatic carbocycles. The molecule has 0 bridgehead atoms. The van der Waals surface area contributed by atoms with Crippen LogP contribution in [0, 0.1) is 12.8 Å². The van der Waals surface area contributed by atoms with E-state index in [9.17, 15) is 4.79 Å². The summed E-state index contributed by atoms with van der Waals surface area (Å²) in [6.07, 6.45) is 0.891. The molecule has 1 aromatic rings. The van der Waals surface area contributed by atoms with Crippen LogP contribution in [0.5, 0.6) is 0 Å². The minimum Gasteiger partial charge on any atom is -0.349 e. The van der Waals surface area contributed by atoms with E-state index >= 15 is 0 Å². The van der Waals surface area contributed by atoms with E-state index in [0.29, 0.717) is 22.3 Å². The number of amides is 1. The van der Waals surface area contributed by atoms with Gasteiger partial charge in [0.2, 0.25) is 0 Å². The number of aryl methyl sites for hydroxylation is 1. The highest BCUT2D eigenvalue weighted by Crippen LogP contribution is 2.21. The van der Waals surface area contributed by atoms with Crippen molar-refractivity contribution in [2.45, 2.75) is 53.6 Å². The summed E-state index contributed by atoms with van der Waals surface area (Å²) >= 11 is 6.23. The number of nitrogens with one attached hydrogen (secondary N) is 1. The molecule has 0 aromatic carbocycles. The number of rotatable bonds is 5. The third-order valence-corrected chi connectivity index (χ3v) is 3.20. The van der Waals surface area contributed by atoms with Crippen LogP contribution in [0.4, 0.5) is 0 Å². The van der Waals surface area contributed by atoms with Gasteiger partial charge in [0, 0.05) is 12.6 Å². The van der Waals surface area contributed by atoms with E-state index in [-0.39, 0.29) is 11.9 Å². The fourth-order valence-corrected chi connectivity index (χ4v) is 2.01. The van der Waals surface area contributed by atoms with Gasteiger partial charge in [-0.05, 0) is 26.2 Å². The van der Waals surface area contributed by atoms with Crippen LogP contribution in [-0.4, -0.2) is 21.7 Å². The lowest BCUT2D eigenvalue weighted by Gasteiger charge is -2.11. The van der Waals surface area contributed by atoms with Crippen LogP contribution in [0.1, 0.15) is 50.2 Å². The van der Waals surface area contributed by atoms with Crippen LogP contribution < -0.4 is 5.32 Å². The minimum absolute atomic E-state index is 0.137. The lowest BCUT2D eigenvalue weighted by molar-refractivity contribution is 0.0938. The van der Waals surface area contributed by atoms with Crippen LogP contribution in [0.25, 0.3) is 0 Å². The van der Waals surface area contributed by atoms with Crippen LogP contribution in [0.2, 0.25) is 5.15 Å². The molecular weight excluding hydrogens is 250 g/mol. The summed E-state index contributed by atoms with van der Waals surface area (Å²) in [5, 5.41) is 7.68. The minimum atomic E-state index is -0.137. The second-order valence-corrected chi connectivity index (χ2v) is 5.47. The number of carbonyl (C=O) groups excluding carboxylic acids is 1. The molecule has 0 spiro atoms. The normalized spacial score (nSPS) is 12.8. The molecule has 1 aromatic heterocycles. The fraction of sp³-hybridized carbons (Fsp3) is 0.692. The highest BCUT2D eigenvalue weighted by atomic mass is 35.5. The Morgan fingerprint density at radius 1 is 1.44 bits per heavy atom. The van der Waals surface area contributed by atoms with Crippen molar-refractivity contribution in [1.29, 1.82) is 0 Å². The van der Waals surface area contributed by atoms with Crippen molar-refractivity contribution >= 4 is 17.5 Å². The molecule has 0 aliphatic heterocycles. The molecule has 0 saturated heterocycles. The number of carbonyl (C=O) groups is 1. The molecule has 1 amide bonds. The Morgan fingerprint density at radius 2 is 2.06 bits per heavy atom. The topological polar surface area (TPSA) is 46.9 Å². The van der Waals surface area contributed by atoms with Crippen LogP contribution in [-0.2, 0) is 6.54 Å². The van der Waals surface area contributed by atoms with Gasteiger partial charge in [0.05, 0.1) is 11.3 Å². The Balaban J connectivity index is 2.95. The average Bonchev–Trinajstić information content (AvgIpc) is 2.53. The predicted molar refractivity (Wildman–Crippen MR) is 74.0 cm³/mol. The van der Waals surface area contributed by atoms with Gasteiger partial charge in [0.15, 0.2) is 0 Å². The number of hydrogen-bond donors (Lipinski definition) is 1. The van der Waals surface area contributed by atoms with Gasteiger partial charge in [-0.25, -0.2) is 0 Å².